The van der Waals surface area contributed by atoms with Gasteiger partial charge in [0.15, 0.2) is 23.1 Å². The number of carbonyl (C=O) groups is 5. The van der Waals surface area contributed by atoms with Gasteiger partial charge in [-0.25, -0.2) is 13.6 Å². The number of amides is 1. The van der Waals surface area contributed by atoms with Gasteiger partial charge in [0.1, 0.15) is 54.2 Å². The summed E-state index contributed by atoms with van der Waals surface area (Å²) in [7, 11) is 1.00. The Morgan fingerprint density at radius 2 is 0.736 bits per heavy atom. The highest BCUT2D eigenvalue weighted by atomic mass is 19.1. The molecule has 1 amide bonds. The maximum Gasteiger partial charge on any atom is 0.407 e. The zero-order valence-corrected chi connectivity index (χ0v) is 84.4. The van der Waals surface area contributed by atoms with Crippen molar-refractivity contribution in [1.82, 2.24) is 14.5 Å². The van der Waals surface area contributed by atoms with E-state index in [-0.39, 0.29) is 91.5 Å². The number of nitrogens with two attached hydrogens (primary N) is 1. The van der Waals surface area contributed by atoms with Crippen molar-refractivity contribution in [2.75, 3.05) is 139 Å². The third-order valence-corrected chi connectivity index (χ3v) is 22.2. The lowest BCUT2D eigenvalue weighted by Crippen LogP contribution is -2.46. The normalized spacial score (nSPS) is 15.7. The van der Waals surface area contributed by atoms with E-state index in [9.17, 15) is 32.8 Å². The zero-order chi connectivity index (χ0) is 101. The zero-order valence-electron chi connectivity index (χ0n) is 84.4. The van der Waals surface area contributed by atoms with Gasteiger partial charge in [-0.1, -0.05) is 143 Å². The first-order chi connectivity index (χ1) is 67.2. The lowest BCUT2D eigenvalue weighted by Gasteiger charge is -2.41. The van der Waals surface area contributed by atoms with E-state index >= 15 is 0 Å². The molecule has 29 heteroatoms. The molecule has 2 aliphatic heterocycles. The van der Waals surface area contributed by atoms with Crippen molar-refractivity contribution < 1.29 is 118 Å². The third-order valence-electron chi connectivity index (χ3n) is 22.2. The molecule has 0 unspecified atom stereocenters. The van der Waals surface area contributed by atoms with Crippen LogP contribution in [0.4, 0.5) is 13.6 Å². The minimum atomic E-state index is -0.936. The Bertz CT molecular complexity index is 5160. The largest absolute Gasteiger partial charge is 0.491 e. The molecule has 7 aromatic carbocycles. The highest BCUT2D eigenvalue weighted by Gasteiger charge is 2.41. The second-order valence-electron chi connectivity index (χ2n) is 37.6. The van der Waals surface area contributed by atoms with Crippen LogP contribution in [0.25, 0.3) is 44.8 Å². The van der Waals surface area contributed by atoms with E-state index in [1.54, 1.807) is 24.3 Å². The first kappa shape index (κ1) is 113. The Kier molecular flexibility index (Phi) is 47.0. The molecule has 2 aromatic heterocycles. The molecule has 2 fully saturated rings. The average Bonchev–Trinajstić information content (AvgIpc) is 1.59. The summed E-state index contributed by atoms with van der Waals surface area (Å²) in [6.45, 7) is 36.6. The number of Topliss-reactive ketones (excluding diaryl/α,β-unsaturated/α-hetero) is 2. The molecule has 0 aliphatic carbocycles. The number of hydrogen-bond acceptors (Lipinski definition) is 24. The smallest absolute Gasteiger partial charge is 0.407 e. The van der Waals surface area contributed by atoms with Crippen LogP contribution in [0.2, 0.25) is 0 Å². The second-order valence-corrected chi connectivity index (χ2v) is 37.6. The van der Waals surface area contributed by atoms with Crippen molar-refractivity contribution >= 4 is 29.6 Å². The summed E-state index contributed by atoms with van der Waals surface area (Å²) in [6.07, 6.45) is 0.842. The summed E-state index contributed by atoms with van der Waals surface area (Å²) >= 11 is 0. The molecule has 0 bridgehead atoms. The fourth-order valence-electron chi connectivity index (χ4n) is 16.8. The molecular weight excluding hydrogens is 1800 g/mol. The number of alkyl carbamates (subject to hydrolysis) is 1. The first-order valence-corrected chi connectivity index (χ1v) is 48.7. The third kappa shape index (κ3) is 38.8. The van der Waals surface area contributed by atoms with E-state index in [4.69, 9.17) is 91.4 Å². The lowest BCUT2D eigenvalue weighted by atomic mass is 9.90. The van der Waals surface area contributed by atoms with Gasteiger partial charge in [0, 0.05) is 92.6 Å². The summed E-state index contributed by atoms with van der Waals surface area (Å²) in [4.78, 5) is 67.4. The molecule has 0 radical (unpaired) electrons. The van der Waals surface area contributed by atoms with Gasteiger partial charge in [0.05, 0.1) is 154 Å². The summed E-state index contributed by atoms with van der Waals surface area (Å²) < 4.78 is 131. The van der Waals surface area contributed by atoms with Gasteiger partial charge < -0.3 is 106 Å². The van der Waals surface area contributed by atoms with Crippen LogP contribution in [0.5, 0.6) is 11.5 Å². The molecular formula is C111H148F2N4O23. The molecule has 9 aromatic rings. The van der Waals surface area contributed by atoms with Crippen molar-refractivity contribution in [1.29, 1.82) is 0 Å². The van der Waals surface area contributed by atoms with Crippen LogP contribution < -0.4 is 20.5 Å². The molecule has 0 saturated carbocycles. The molecule has 2 saturated heterocycles. The van der Waals surface area contributed by atoms with Gasteiger partial charge in [-0.15, -0.1) is 0 Å². The molecule has 4 atom stereocenters. The predicted molar refractivity (Wildman–Crippen MR) is 534 cm³/mol. The molecule has 2 aliphatic rings. The first-order valence-electron chi connectivity index (χ1n) is 48.7. The summed E-state index contributed by atoms with van der Waals surface area (Å²) in [6, 6.07) is 57.3. The van der Waals surface area contributed by atoms with Crippen LogP contribution >= 0.6 is 0 Å². The number of aromatic nitrogens is 2. The van der Waals surface area contributed by atoms with Gasteiger partial charge >= 0.3 is 18.0 Å². The van der Waals surface area contributed by atoms with Crippen LogP contribution in [-0.4, -0.2) is 230 Å². The molecule has 764 valence electrons. The number of aliphatic hydroxyl groups excluding tert-OH is 1. The Morgan fingerprint density at radius 1 is 0.414 bits per heavy atom. The van der Waals surface area contributed by atoms with E-state index in [0.29, 0.717) is 193 Å². The summed E-state index contributed by atoms with van der Waals surface area (Å²) in [5, 5.41) is 9.65. The topological polar surface area (TPSA) is 310 Å². The second kappa shape index (κ2) is 58.2. The quantitative estimate of drug-likeness (QED) is 0.0138. The van der Waals surface area contributed by atoms with E-state index < -0.39 is 41.1 Å². The highest BCUT2D eigenvalue weighted by molar-refractivity contribution is 6.09. The summed E-state index contributed by atoms with van der Waals surface area (Å²) in [5.41, 5.74) is 16.4. The van der Waals surface area contributed by atoms with Gasteiger partial charge in [-0.3, -0.25) is 19.2 Å². The van der Waals surface area contributed by atoms with E-state index in [2.05, 4.69) is 42.1 Å². The predicted octanol–water partition coefficient (Wildman–Crippen LogP) is 19.5. The number of nitrogens with one attached hydrogen (secondary N) is 1. The van der Waals surface area contributed by atoms with Crippen LogP contribution in [0.15, 0.2) is 188 Å². The molecule has 27 nitrogen and oxygen atoms in total. The molecule has 0 spiro atoms. The fraction of sp³-hybridized carbons (Fsp3) is 0.505. The molecule has 4 N–H and O–H groups in total. The molecule has 11 rings (SSSR count). The Labute approximate surface area is 825 Å². The van der Waals surface area contributed by atoms with Gasteiger partial charge in [0.2, 0.25) is 0 Å². The van der Waals surface area contributed by atoms with Crippen LogP contribution in [-0.2, 0) is 113 Å². The number of hydrogen-bond donors (Lipinski definition) is 3. The number of halogens is 2. The van der Waals surface area contributed by atoms with Crippen molar-refractivity contribution in [2.24, 2.45) is 5.73 Å². The van der Waals surface area contributed by atoms with E-state index in [0.717, 1.165) is 80.0 Å². The number of carbonyl (C=O) groups excluding carboxylic acids is 5. The van der Waals surface area contributed by atoms with Crippen molar-refractivity contribution in [2.45, 2.75) is 227 Å². The van der Waals surface area contributed by atoms with Gasteiger partial charge in [-0.2, -0.15) is 0 Å². The number of benzene rings is 7. The van der Waals surface area contributed by atoms with Gasteiger partial charge in [-0.05, 0) is 206 Å². The highest BCUT2D eigenvalue weighted by Crippen LogP contribution is 2.47. The van der Waals surface area contributed by atoms with Crippen molar-refractivity contribution in [3.8, 4) is 56.3 Å². The number of ketones is 2. The molecule has 4 heterocycles. The SMILES string of the molecule is CC(C)c1c(C(=O)Cc2ccc(OCCOCCOCCOCCOCCN)cc2)c(-c2ccccc2)c(-c2ccc(F)cc2)n1CC[C@@H]1C[C@H](CC(=O)OC(C)(C)C)OC(C)(C)O1.CC(C)c1c(C(=O)Cc2ccc(OCCOCCOCCOCCOCCNC(=O)OCc3ccccc3)cc2)c(-c2ccccc2)c(-c2ccc(F)cc2)n1CC[C@@H]1C[C@H](CC(=O)OC(C)(C)C)OC(C)(C)O1.CO. The van der Waals surface area contributed by atoms with Crippen LogP contribution in [0, 0.1) is 11.6 Å². The van der Waals surface area contributed by atoms with E-state index in [1.807, 2.05) is 209 Å². The Hall–Kier alpha value is -10.5. The average molecular weight is 1940 g/mol. The number of rotatable bonds is 55. The maximum atomic E-state index is 15.0. The fourth-order valence-corrected chi connectivity index (χ4v) is 16.8. The maximum absolute atomic E-state index is 15.0. The van der Waals surface area contributed by atoms with E-state index in [1.165, 1.54) is 24.3 Å². The number of esters is 2. The summed E-state index contributed by atoms with van der Waals surface area (Å²) in [5.74, 6) is -2.07. The van der Waals surface area contributed by atoms with Crippen molar-refractivity contribution in [3.05, 3.63) is 239 Å². The van der Waals surface area contributed by atoms with Crippen molar-refractivity contribution in [3.63, 3.8) is 0 Å². The minimum absolute atomic E-state index is 0.0297. The number of nitrogens with zero attached hydrogens (tertiary/aromatic N) is 2. The monoisotopic (exact) mass is 1940 g/mol. The lowest BCUT2D eigenvalue weighted by molar-refractivity contribution is -0.301. The Morgan fingerprint density at radius 3 is 1.07 bits per heavy atom. The van der Waals surface area contributed by atoms with Gasteiger partial charge in [0.25, 0.3) is 0 Å². The van der Waals surface area contributed by atoms with Crippen LogP contribution in [0.1, 0.15) is 196 Å². The standard InChI is InChI=1S/C59H75FN2O12.C51H69FN2O10.CH4O/c1-42(2)55-54(51(63)38-43-18-24-48(25-19-43)70-37-36-69-35-34-68-33-32-67-31-30-66-29-27-61-57(65)71-41-44-14-10-8-11-15-44)53(45-16-12-9-13-17-45)56(46-20-22-47(60)23-21-46)62(55)28-26-49-39-50(73-59(6,7)72-49)40-52(64)74-58(3,4)5;1-36(2)48-47(44(55)33-37-13-19-41(20-14-37)61-32-31-60-30-29-59-28-27-58-26-25-57-24-22-53)46(38-11-9-8-10-12-38)49(39-15-17-40(52)18-16-39)54(48)23-21-42-34-43(63-51(6,7)62-42)35-45(56)64-50(3,4)5;1-2/h8-25,42,49-50H,26-41H2,1-7H3,(H,61,65);8-20,36,42-43H,21-35,53H2,1-7H3;2H,1H3/t49-,50-;42-,43-;/m11./s1. The molecule has 140 heavy (non-hydrogen) atoms. The Balaban J connectivity index is 0.000000311. The number of ether oxygens (including phenoxy) is 17. The minimum Gasteiger partial charge on any atom is -0.491 e. The van der Waals surface area contributed by atoms with Crippen LogP contribution in [0.3, 0.4) is 0 Å². The number of aliphatic hydroxyl groups is 1.